The van der Waals surface area contributed by atoms with E-state index in [9.17, 15) is 0 Å². The highest BCUT2D eigenvalue weighted by atomic mass is 16.5. The van der Waals surface area contributed by atoms with Crippen molar-refractivity contribution in [2.45, 2.75) is 64.4 Å². The van der Waals surface area contributed by atoms with Gasteiger partial charge in [-0.3, -0.25) is 0 Å². The molecule has 1 fully saturated rings. The van der Waals surface area contributed by atoms with Crippen LogP contribution in [0.2, 0.25) is 0 Å². The van der Waals surface area contributed by atoms with E-state index in [1.165, 1.54) is 5.56 Å². The minimum Gasteiger partial charge on any atom is -0.368 e. The second-order valence-electron chi connectivity index (χ2n) is 7.56. The molecule has 0 radical (unpaired) electrons. The van der Waals surface area contributed by atoms with Crippen LogP contribution in [0.25, 0.3) is 0 Å². The first-order valence-corrected chi connectivity index (χ1v) is 8.33. The highest BCUT2D eigenvalue weighted by molar-refractivity contribution is 5.16. The molecule has 4 nitrogen and oxygen atoms in total. The lowest BCUT2D eigenvalue weighted by Gasteiger charge is -2.27. The minimum atomic E-state index is -0.152. The van der Waals surface area contributed by atoms with Crippen LogP contribution in [0.15, 0.2) is 42.7 Å². The van der Waals surface area contributed by atoms with Gasteiger partial charge < -0.3 is 14.6 Å². The Morgan fingerprint density at radius 2 is 1.96 bits per heavy atom. The van der Waals surface area contributed by atoms with Crippen molar-refractivity contribution in [3.8, 4) is 0 Å². The number of nitrogens with zero attached hydrogens (tertiary/aromatic N) is 2. The molecule has 1 atom stereocenters. The van der Waals surface area contributed by atoms with Gasteiger partial charge in [0.2, 0.25) is 0 Å². The summed E-state index contributed by atoms with van der Waals surface area (Å²) < 4.78 is 8.36. The third-order valence-electron chi connectivity index (χ3n) is 4.58. The van der Waals surface area contributed by atoms with Gasteiger partial charge in [-0.2, -0.15) is 0 Å². The van der Waals surface area contributed by atoms with E-state index < -0.39 is 0 Å². The fraction of sp³-hybridized carbons (Fsp3) is 0.526. The van der Waals surface area contributed by atoms with E-state index >= 15 is 0 Å². The summed E-state index contributed by atoms with van der Waals surface area (Å²) >= 11 is 0. The zero-order valence-corrected chi connectivity index (χ0v) is 14.5. The lowest BCUT2D eigenvalue weighted by Crippen LogP contribution is -2.43. The molecule has 3 rings (SSSR count). The van der Waals surface area contributed by atoms with Gasteiger partial charge in [-0.15, -0.1) is 0 Å². The standard InChI is InChI=1S/C19H27N3O/c1-18(2)12-16(19(3,4)23-18)21-13-17-20-10-11-22(17)14-15-8-6-5-7-9-15/h5-11,16,21H,12-14H2,1-4H3/t16-/m0/s1. The van der Waals surface area contributed by atoms with Gasteiger partial charge in [-0.05, 0) is 39.7 Å². The van der Waals surface area contributed by atoms with Crippen LogP contribution >= 0.6 is 0 Å². The van der Waals surface area contributed by atoms with E-state index in [-0.39, 0.29) is 11.2 Å². The second-order valence-corrected chi connectivity index (χ2v) is 7.56. The molecule has 1 aromatic carbocycles. The average molecular weight is 313 g/mol. The van der Waals surface area contributed by atoms with E-state index in [2.05, 4.69) is 66.8 Å². The van der Waals surface area contributed by atoms with Crippen molar-refractivity contribution >= 4 is 0 Å². The predicted molar refractivity (Wildman–Crippen MR) is 92.3 cm³/mol. The molecule has 0 aliphatic carbocycles. The number of benzene rings is 1. The number of hydrogen-bond donors (Lipinski definition) is 1. The fourth-order valence-corrected chi connectivity index (χ4v) is 3.53. The van der Waals surface area contributed by atoms with Crippen molar-refractivity contribution in [3.63, 3.8) is 0 Å². The summed E-state index contributed by atoms with van der Waals surface area (Å²) in [6, 6.07) is 10.8. The van der Waals surface area contributed by atoms with Gasteiger partial charge in [0, 0.05) is 25.0 Å². The van der Waals surface area contributed by atoms with Crippen molar-refractivity contribution in [1.82, 2.24) is 14.9 Å². The van der Waals surface area contributed by atoms with Crippen molar-refractivity contribution < 1.29 is 4.74 Å². The predicted octanol–water partition coefficient (Wildman–Crippen LogP) is 3.37. The van der Waals surface area contributed by atoms with Crippen LogP contribution in [0.4, 0.5) is 0 Å². The maximum absolute atomic E-state index is 6.15. The first-order valence-electron chi connectivity index (χ1n) is 8.33. The van der Waals surface area contributed by atoms with Gasteiger partial charge in [0.05, 0.1) is 17.7 Å². The maximum Gasteiger partial charge on any atom is 0.122 e. The van der Waals surface area contributed by atoms with Crippen LogP contribution in [0.5, 0.6) is 0 Å². The first kappa shape index (κ1) is 16.2. The fourth-order valence-electron chi connectivity index (χ4n) is 3.53. The number of hydrogen-bond acceptors (Lipinski definition) is 3. The Balaban J connectivity index is 1.65. The zero-order chi connectivity index (χ0) is 16.5. The van der Waals surface area contributed by atoms with Crippen LogP contribution in [-0.2, 0) is 17.8 Å². The molecule has 0 bridgehead atoms. The molecule has 1 aliphatic heterocycles. The molecule has 1 aliphatic rings. The van der Waals surface area contributed by atoms with E-state index in [0.717, 1.165) is 25.3 Å². The van der Waals surface area contributed by atoms with Gasteiger partial charge in [0.25, 0.3) is 0 Å². The molecule has 4 heteroatoms. The molecule has 23 heavy (non-hydrogen) atoms. The highest BCUT2D eigenvalue weighted by Gasteiger charge is 2.45. The van der Waals surface area contributed by atoms with Crippen LogP contribution in [0.1, 0.15) is 45.5 Å². The van der Waals surface area contributed by atoms with Crippen LogP contribution in [-0.4, -0.2) is 26.8 Å². The summed E-state index contributed by atoms with van der Waals surface area (Å²) in [5, 5.41) is 3.65. The smallest absolute Gasteiger partial charge is 0.122 e. The first-order chi connectivity index (χ1) is 10.9. The average Bonchev–Trinajstić information content (AvgIpc) is 2.98. The van der Waals surface area contributed by atoms with Gasteiger partial charge in [0.1, 0.15) is 5.82 Å². The van der Waals surface area contributed by atoms with Crippen molar-refractivity contribution in [3.05, 3.63) is 54.1 Å². The summed E-state index contributed by atoms with van der Waals surface area (Å²) in [6.07, 6.45) is 4.93. The third-order valence-corrected chi connectivity index (χ3v) is 4.58. The van der Waals surface area contributed by atoms with Crippen LogP contribution in [0, 0.1) is 0 Å². The highest BCUT2D eigenvalue weighted by Crippen LogP contribution is 2.37. The van der Waals surface area contributed by atoms with Crippen molar-refractivity contribution in [1.29, 1.82) is 0 Å². The summed E-state index contributed by atoms with van der Waals surface area (Å²) in [7, 11) is 0. The SMILES string of the molecule is CC1(C)C[C@H](NCc2nccn2Cc2ccccc2)C(C)(C)O1. The molecule has 2 aromatic rings. The number of aromatic nitrogens is 2. The topological polar surface area (TPSA) is 39.1 Å². The molecule has 1 aromatic heterocycles. The zero-order valence-electron chi connectivity index (χ0n) is 14.5. The molecular formula is C19H27N3O. The van der Waals surface area contributed by atoms with E-state index in [1.54, 1.807) is 0 Å². The molecule has 0 unspecified atom stereocenters. The molecule has 1 N–H and O–H groups in total. The lowest BCUT2D eigenvalue weighted by molar-refractivity contribution is -0.0699. The Morgan fingerprint density at radius 3 is 2.61 bits per heavy atom. The summed E-state index contributed by atoms with van der Waals surface area (Å²) in [4.78, 5) is 4.52. The Morgan fingerprint density at radius 1 is 1.22 bits per heavy atom. The van der Waals surface area contributed by atoms with E-state index in [4.69, 9.17) is 4.74 Å². The minimum absolute atomic E-state index is 0.0688. The van der Waals surface area contributed by atoms with E-state index in [1.807, 2.05) is 18.5 Å². The Hall–Kier alpha value is -1.65. The maximum atomic E-state index is 6.15. The molecule has 124 valence electrons. The van der Waals surface area contributed by atoms with Gasteiger partial charge in [-0.1, -0.05) is 30.3 Å². The number of imidazole rings is 1. The normalized spacial score (nSPS) is 22.3. The molecule has 2 heterocycles. The Kier molecular flexibility index (Phi) is 4.30. The molecule has 0 amide bonds. The Labute approximate surface area is 138 Å². The summed E-state index contributed by atoms with van der Waals surface area (Å²) in [5.41, 5.74) is 1.07. The number of nitrogens with one attached hydrogen (secondary N) is 1. The quantitative estimate of drug-likeness (QED) is 0.920. The van der Waals surface area contributed by atoms with Gasteiger partial charge >= 0.3 is 0 Å². The molecule has 0 saturated carbocycles. The largest absolute Gasteiger partial charge is 0.368 e. The van der Waals surface area contributed by atoms with Crippen molar-refractivity contribution in [2.24, 2.45) is 0 Å². The van der Waals surface area contributed by atoms with Crippen molar-refractivity contribution in [2.75, 3.05) is 0 Å². The summed E-state index contributed by atoms with van der Waals surface area (Å²) in [5.74, 6) is 1.06. The third kappa shape index (κ3) is 3.82. The van der Waals surface area contributed by atoms with Crippen LogP contribution < -0.4 is 5.32 Å². The second kappa shape index (κ2) is 6.10. The lowest BCUT2D eigenvalue weighted by atomic mass is 9.94. The monoisotopic (exact) mass is 313 g/mol. The van der Waals surface area contributed by atoms with Gasteiger partial charge in [-0.25, -0.2) is 4.98 Å². The number of rotatable bonds is 5. The van der Waals surface area contributed by atoms with Gasteiger partial charge in [0.15, 0.2) is 0 Å². The van der Waals surface area contributed by atoms with Crippen LogP contribution in [0.3, 0.4) is 0 Å². The Bertz CT molecular complexity index is 646. The number of ether oxygens (including phenoxy) is 1. The summed E-state index contributed by atoms with van der Waals surface area (Å²) in [6.45, 7) is 10.3. The molecule has 0 spiro atoms. The molecule has 1 saturated heterocycles. The molecular weight excluding hydrogens is 286 g/mol. The van der Waals surface area contributed by atoms with E-state index in [0.29, 0.717) is 6.04 Å².